The molecule has 3 aromatic rings. The van der Waals surface area contributed by atoms with Crippen LogP contribution in [0.4, 0.5) is 10.2 Å². The number of hydrogen-bond acceptors (Lipinski definition) is 5. The van der Waals surface area contributed by atoms with Crippen LogP contribution < -0.4 is 10.2 Å². The zero-order valence-corrected chi connectivity index (χ0v) is 17.2. The largest absolute Gasteiger partial charge is 0.362 e. The van der Waals surface area contributed by atoms with E-state index >= 15 is 0 Å². The number of fused-ring (bicyclic) bond motifs is 1. The number of anilines is 1. The van der Waals surface area contributed by atoms with E-state index < -0.39 is 0 Å². The van der Waals surface area contributed by atoms with Gasteiger partial charge in [-0.3, -0.25) is 0 Å². The van der Waals surface area contributed by atoms with Crippen molar-refractivity contribution >= 4 is 17.0 Å². The molecule has 0 aliphatic carbocycles. The summed E-state index contributed by atoms with van der Waals surface area (Å²) in [7, 11) is 0. The second kappa shape index (κ2) is 8.60. The summed E-state index contributed by atoms with van der Waals surface area (Å²) in [5.41, 5.74) is 1.76. The van der Waals surface area contributed by atoms with Crippen molar-refractivity contribution in [3.63, 3.8) is 0 Å². The molecule has 0 aliphatic rings. The second-order valence-electron chi connectivity index (χ2n) is 7.69. The quantitative estimate of drug-likeness (QED) is 0.618. The monoisotopic (exact) mass is 386 g/mol. The molecular formula is C20H29FN7+. The number of nitrogens with zero attached hydrogens (tertiary/aromatic N) is 5. The number of halogens is 1. The maximum atomic E-state index is 14.0. The minimum absolute atomic E-state index is 0.263. The van der Waals surface area contributed by atoms with Crippen LogP contribution in [-0.2, 0) is 6.54 Å². The van der Waals surface area contributed by atoms with Gasteiger partial charge in [-0.15, -0.1) is 5.10 Å². The SMILES string of the molecule is Cc1nc(NCC[NH+](C(C)C)C(C)C)c2nnn(Cc3ccccc3F)c2n1. The molecule has 0 aliphatic heterocycles. The van der Waals surface area contributed by atoms with E-state index in [0.717, 1.165) is 13.1 Å². The van der Waals surface area contributed by atoms with Crippen molar-refractivity contribution in [1.82, 2.24) is 25.0 Å². The molecule has 0 saturated carbocycles. The lowest BCUT2D eigenvalue weighted by Gasteiger charge is -2.27. The van der Waals surface area contributed by atoms with Gasteiger partial charge in [0.25, 0.3) is 0 Å². The lowest BCUT2D eigenvalue weighted by Crippen LogP contribution is -3.18. The molecule has 3 rings (SSSR count). The highest BCUT2D eigenvalue weighted by Gasteiger charge is 2.18. The summed E-state index contributed by atoms with van der Waals surface area (Å²) >= 11 is 0. The lowest BCUT2D eigenvalue weighted by molar-refractivity contribution is -0.940. The van der Waals surface area contributed by atoms with E-state index in [1.807, 2.05) is 13.0 Å². The predicted octanol–water partition coefficient (Wildman–Crippen LogP) is 1.83. The molecule has 0 saturated heterocycles. The normalized spacial score (nSPS) is 11.9. The molecule has 7 nitrogen and oxygen atoms in total. The molecule has 150 valence electrons. The van der Waals surface area contributed by atoms with E-state index in [0.29, 0.717) is 40.5 Å². The standard InChI is InChI=1S/C20H28FN7/c1-13(2)27(14(3)4)11-10-22-19-18-20(24-15(5)23-19)28(26-25-18)12-16-8-6-7-9-17(16)21/h6-9,13-14H,10-12H2,1-5H3,(H,22,23,24)/p+1. The summed E-state index contributed by atoms with van der Waals surface area (Å²) in [4.78, 5) is 10.5. The second-order valence-corrected chi connectivity index (χ2v) is 7.69. The maximum Gasteiger partial charge on any atom is 0.184 e. The number of rotatable bonds is 8. The van der Waals surface area contributed by atoms with Crippen molar-refractivity contribution in [3.8, 4) is 0 Å². The van der Waals surface area contributed by atoms with Crippen molar-refractivity contribution in [2.75, 3.05) is 18.4 Å². The Hall–Kier alpha value is -2.61. The molecule has 8 heteroatoms. The van der Waals surface area contributed by atoms with Crippen molar-refractivity contribution in [2.24, 2.45) is 0 Å². The summed E-state index contributed by atoms with van der Waals surface area (Å²) < 4.78 is 15.6. The highest BCUT2D eigenvalue weighted by atomic mass is 19.1. The average Bonchev–Trinajstić information content (AvgIpc) is 3.02. The predicted molar refractivity (Wildman–Crippen MR) is 108 cm³/mol. The fraction of sp³-hybridized carbons (Fsp3) is 0.500. The zero-order chi connectivity index (χ0) is 20.3. The van der Waals surface area contributed by atoms with Gasteiger partial charge in [0.2, 0.25) is 0 Å². The Morgan fingerprint density at radius 2 is 1.82 bits per heavy atom. The molecule has 0 atom stereocenters. The van der Waals surface area contributed by atoms with Gasteiger partial charge in [-0.05, 0) is 40.7 Å². The Bertz CT molecular complexity index is 927. The summed E-state index contributed by atoms with van der Waals surface area (Å²) in [6, 6.07) is 7.77. The Balaban J connectivity index is 1.81. The number of hydrogen-bond donors (Lipinski definition) is 2. The van der Waals surface area contributed by atoms with Gasteiger partial charge >= 0.3 is 0 Å². The highest BCUT2D eigenvalue weighted by molar-refractivity contribution is 5.82. The maximum absolute atomic E-state index is 14.0. The van der Waals surface area contributed by atoms with Crippen molar-refractivity contribution < 1.29 is 9.29 Å². The van der Waals surface area contributed by atoms with Gasteiger partial charge in [-0.1, -0.05) is 23.4 Å². The van der Waals surface area contributed by atoms with Crippen LogP contribution in [0, 0.1) is 12.7 Å². The van der Waals surface area contributed by atoms with Crippen molar-refractivity contribution in [1.29, 1.82) is 0 Å². The summed E-state index contributed by atoms with van der Waals surface area (Å²) in [5.74, 6) is 1.04. The van der Waals surface area contributed by atoms with Crippen LogP contribution in [0.25, 0.3) is 11.2 Å². The van der Waals surface area contributed by atoms with E-state index in [4.69, 9.17) is 0 Å². The zero-order valence-electron chi connectivity index (χ0n) is 17.2. The average molecular weight is 386 g/mol. The van der Waals surface area contributed by atoms with Gasteiger partial charge in [-0.25, -0.2) is 19.0 Å². The van der Waals surface area contributed by atoms with Gasteiger partial charge in [-0.2, -0.15) is 0 Å². The smallest absolute Gasteiger partial charge is 0.184 e. The summed E-state index contributed by atoms with van der Waals surface area (Å²) in [5, 5.41) is 11.8. The Morgan fingerprint density at radius 1 is 1.11 bits per heavy atom. The van der Waals surface area contributed by atoms with E-state index in [1.54, 1.807) is 16.8 Å². The fourth-order valence-corrected chi connectivity index (χ4v) is 3.55. The van der Waals surface area contributed by atoms with Crippen LogP contribution in [-0.4, -0.2) is 50.1 Å². The molecule has 0 bridgehead atoms. The molecule has 0 spiro atoms. The van der Waals surface area contributed by atoms with Crippen LogP contribution in [0.3, 0.4) is 0 Å². The third-order valence-corrected chi connectivity index (χ3v) is 4.94. The van der Waals surface area contributed by atoms with Crippen molar-refractivity contribution in [3.05, 3.63) is 41.5 Å². The molecule has 0 fully saturated rings. The molecule has 2 aromatic heterocycles. The molecule has 2 heterocycles. The van der Waals surface area contributed by atoms with Gasteiger partial charge in [0, 0.05) is 5.56 Å². The first-order chi connectivity index (χ1) is 13.4. The summed E-state index contributed by atoms with van der Waals surface area (Å²) in [6.07, 6.45) is 0. The molecule has 28 heavy (non-hydrogen) atoms. The lowest BCUT2D eigenvalue weighted by atomic mass is 10.2. The summed E-state index contributed by atoms with van der Waals surface area (Å²) in [6.45, 7) is 12.8. The molecule has 2 N–H and O–H groups in total. The van der Waals surface area contributed by atoms with Crippen LogP contribution in [0.2, 0.25) is 0 Å². The molecule has 1 aromatic carbocycles. The van der Waals surface area contributed by atoms with Gasteiger partial charge in [0.15, 0.2) is 17.0 Å². The van der Waals surface area contributed by atoms with Gasteiger partial charge < -0.3 is 10.2 Å². The van der Waals surface area contributed by atoms with E-state index in [2.05, 4.69) is 53.3 Å². The number of quaternary nitrogens is 1. The fourth-order valence-electron chi connectivity index (χ4n) is 3.55. The first-order valence-electron chi connectivity index (χ1n) is 9.77. The van der Waals surface area contributed by atoms with Crippen LogP contribution in [0.1, 0.15) is 39.1 Å². The van der Waals surface area contributed by atoms with Crippen molar-refractivity contribution in [2.45, 2.75) is 53.2 Å². The number of aromatic nitrogens is 5. The van der Waals surface area contributed by atoms with E-state index in [9.17, 15) is 4.39 Å². The first-order valence-corrected chi connectivity index (χ1v) is 9.77. The van der Waals surface area contributed by atoms with Gasteiger partial charge in [0.1, 0.15) is 11.6 Å². The Kier molecular flexibility index (Phi) is 6.18. The first kappa shape index (κ1) is 20.1. The topological polar surface area (TPSA) is 73.0 Å². The number of nitrogens with one attached hydrogen (secondary N) is 2. The highest BCUT2D eigenvalue weighted by Crippen LogP contribution is 2.18. The van der Waals surface area contributed by atoms with Crippen LogP contribution in [0.15, 0.2) is 24.3 Å². The van der Waals surface area contributed by atoms with Gasteiger partial charge in [0.05, 0.1) is 31.7 Å². The van der Waals surface area contributed by atoms with Crippen LogP contribution in [0.5, 0.6) is 0 Å². The number of aryl methyl sites for hydroxylation is 1. The number of benzene rings is 1. The molecule has 0 unspecified atom stereocenters. The van der Waals surface area contributed by atoms with E-state index in [-0.39, 0.29) is 12.4 Å². The third-order valence-electron chi connectivity index (χ3n) is 4.94. The van der Waals surface area contributed by atoms with E-state index in [1.165, 1.54) is 11.0 Å². The molecule has 0 radical (unpaired) electrons. The molecule has 0 amide bonds. The van der Waals surface area contributed by atoms with Crippen LogP contribution >= 0.6 is 0 Å². The molecular weight excluding hydrogens is 357 g/mol. The Labute approximate surface area is 165 Å². The minimum atomic E-state index is -0.263. The third kappa shape index (κ3) is 4.44. The Morgan fingerprint density at radius 3 is 2.50 bits per heavy atom. The minimum Gasteiger partial charge on any atom is -0.362 e.